The zero-order chi connectivity index (χ0) is 11.5. The lowest BCUT2D eigenvalue weighted by Crippen LogP contribution is -2.47. The molecular formula is C13H26O2. The minimum Gasteiger partial charge on any atom is -0.393 e. The van der Waals surface area contributed by atoms with Gasteiger partial charge in [0.05, 0.1) is 12.2 Å². The molecule has 15 heavy (non-hydrogen) atoms. The fourth-order valence-electron chi connectivity index (χ4n) is 3.26. The Kier molecular flexibility index (Phi) is 4.19. The summed E-state index contributed by atoms with van der Waals surface area (Å²) in [5.41, 5.74) is 0.0331. The molecule has 0 aromatic heterocycles. The summed E-state index contributed by atoms with van der Waals surface area (Å²) in [5.74, 6) is 0.651. The molecule has 0 radical (unpaired) electrons. The van der Waals surface area contributed by atoms with Crippen LogP contribution in [0.15, 0.2) is 0 Å². The molecule has 0 aromatic carbocycles. The second-order valence-corrected chi connectivity index (χ2v) is 6.04. The van der Waals surface area contributed by atoms with Gasteiger partial charge in [0.15, 0.2) is 0 Å². The molecule has 0 amide bonds. The van der Waals surface area contributed by atoms with E-state index in [1.807, 2.05) is 0 Å². The van der Waals surface area contributed by atoms with Gasteiger partial charge in [-0.2, -0.15) is 0 Å². The minimum absolute atomic E-state index is 0.167. The van der Waals surface area contributed by atoms with Crippen LogP contribution in [0.2, 0.25) is 0 Å². The summed E-state index contributed by atoms with van der Waals surface area (Å²) < 4.78 is 5.92. The zero-order valence-electron chi connectivity index (χ0n) is 10.7. The van der Waals surface area contributed by atoms with Crippen molar-refractivity contribution in [3.8, 4) is 0 Å². The average molecular weight is 214 g/mol. The van der Waals surface area contributed by atoms with Crippen molar-refractivity contribution < 1.29 is 9.84 Å². The normalized spacial score (nSPS) is 35.4. The molecule has 1 rings (SSSR count). The Balaban J connectivity index is 2.70. The third kappa shape index (κ3) is 3.46. The Morgan fingerprint density at radius 1 is 1.33 bits per heavy atom. The first-order valence-corrected chi connectivity index (χ1v) is 6.18. The van der Waals surface area contributed by atoms with E-state index in [1.54, 1.807) is 0 Å². The van der Waals surface area contributed by atoms with E-state index in [0.29, 0.717) is 11.3 Å². The van der Waals surface area contributed by atoms with E-state index < -0.39 is 0 Å². The van der Waals surface area contributed by atoms with E-state index in [1.165, 1.54) is 6.42 Å². The standard InChI is InChI=1S/C13H26O2/c1-5-6-15-13(10-14)8-11(2)7-12(3,4)9-13/h11,14H,5-10H2,1-4H3. The molecule has 1 fully saturated rings. The van der Waals surface area contributed by atoms with E-state index in [0.717, 1.165) is 25.9 Å². The topological polar surface area (TPSA) is 29.5 Å². The monoisotopic (exact) mass is 214 g/mol. The molecule has 0 bridgehead atoms. The van der Waals surface area contributed by atoms with Crippen molar-refractivity contribution in [2.24, 2.45) is 11.3 Å². The maximum Gasteiger partial charge on any atom is 0.0919 e. The fraction of sp³-hybridized carbons (Fsp3) is 1.00. The number of hydrogen-bond acceptors (Lipinski definition) is 2. The molecule has 2 heteroatoms. The van der Waals surface area contributed by atoms with Crippen LogP contribution in [-0.2, 0) is 4.74 Å². The molecule has 0 aliphatic heterocycles. The minimum atomic E-state index is -0.267. The number of ether oxygens (including phenoxy) is 1. The molecule has 1 saturated carbocycles. The summed E-state index contributed by atoms with van der Waals surface area (Å²) >= 11 is 0. The number of hydrogen-bond donors (Lipinski definition) is 1. The molecule has 90 valence electrons. The number of rotatable bonds is 4. The Bertz CT molecular complexity index is 201. The van der Waals surface area contributed by atoms with Gasteiger partial charge in [-0.05, 0) is 37.0 Å². The van der Waals surface area contributed by atoms with Crippen molar-refractivity contribution in [2.45, 2.75) is 59.0 Å². The molecular weight excluding hydrogens is 188 g/mol. The molecule has 1 N–H and O–H groups in total. The summed E-state index contributed by atoms with van der Waals surface area (Å²) in [7, 11) is 0. The van der Waals surface area contributed by atoms with Gasteiger partial charge in [0.2, 0.25) is 0 Å². The van der Waals surface area contributed by atoms with E-state index in [2.05, 4.69) is 27.7 Å². The molecule has 1 aliphatic rings. The summed E-state index contributed by atoms with van der Waals surface area (Å²) in [5, 5.41) is 9.59. The summed E-state index contributed by atoms with van der Waals surface area (Å²) in [6.07, 6.45) is 4.26. The highest BCUT2D eigenvalue weighted by atomic mass is 16.5. The summed E-state index contributed by atoms with van der Waals surface area (Å²) in [4.78, 5) is 0. The van der Waals surface area contributed by atoms with Crippen molar-refractivity contribution in [3.05, 3.63) is 0 Å². The molecule has 1 aliphatic carbocycles. The first-order chi connectivity index (χ1) is 6.93. The van der Waals surface area contributed by atoms with Crippen molar-refractivity contribution >= 4 is 0 Å². The van der Waals surface area contributed by atoms with E-state index in [9.17, 15) is 5.11 Å². The Morgan fingerprint density at radius 3 is 2.47 bits per heavy atom. The third-order valence-electron chi connectivity index (χ3n) is 3.32. The largest absolute Gasteiger partial charge is 0.393 e. The lowest BCUT2D eigenvalue weighted by atomic mass is 9.66. The van der Waals surface area contributed by atoms with Crippen molar-refractivity contribution in [2.75, 3.05) is 13.2 Å². The van der Waals surface area contributed by atoms with Crippen LogP contribution in [0.4, 0.5) is 0 Å². The summed E-state index contributed by atoms with van der Waals surface area (Å²) in [6.45, 7) is 9.87. The van der Waals surface area contributed by atoms with Crippen molar-refractivity contribution in [1.82, 2.24) is 0 Å². The van der Waals surface area contributed by atoms with Crippen LogP contribution in [0.1, 0.15) is 53.4 Å². The van der Waals surface area contributed by atoms with Crippen LogP contribution in [0.3, 0.4) is 0 Å². The van der Waals surface area contributed by atoms with Gasteiger partial charge >= 0.3 is 0 Å². The molecule has 0 saturated heterocycles. The number of aliphatic hydroxyl groups excluding tert-OH is 1. The zero-order valence-corrected chi connectivity index (χ0v) is 10.7. The van der Waals surface area contributed by atoms with Gasteiger partial charge in [-0.1, -0.05) is 27.7 Å². The SMILES string of the molecule is CCCOC1(CO)CC(C)CC(C)(C)C1. The lowest BCUT2D eigenvalue weighted by molar-refractivity contribution is -0.136. The maximum absolute atomic E-state index is 9.59. The summed E-state index contributed by atoms with van der Waals surface area (Å²) in [6, 6.07) is 0. The molecule has 2 atom stereocenters. The van der Waals surface area contributed by atoms with Gasteiger partial charge in [0, 0.05) is 6.61 Å². The molecule has 2 nitrogen and oxygen atoms in total. The average Bonchev–Trinajstić information content (AvgIpc) is 2.11. The van der Waals surface area contributed by atoms with Crippen LogP contribution in [0, 0.1) is 11.3 Å². The van der Waals surface area contributed by atoms with Crippen LogP contribution in [-0.4, -0.2) is 23.9 Å². The Morgan fingerprint density at radius 2 is 2.00 bits per heavy atom. The van der Waals surface area contributed by atoms with Gasteiger partial charge < -0.3 is 9.84 Å². The smallest absolute Gasteiger partial charge is 0.0919 e. The quantitative estimate of drug-likeness (QED) is 0.779. The van der Waals surface area contributed by atoms with Crippen molar-refractivity contribution in [1.29, 1.82) is 0 Å². The molecule has 2 unspecified atom stereocenters. The van der Waals surface area contributed by atoms with Crippen molar-refractivity contribution in [3.63, 3.8) is 0 Å². The number of aliphatic hydroxyl groups is 1. The van der Waals surface area contributed by atoms with Gasteiger partial charge in [0.25, 0.3) is 0 Å². The highest BCUT2D eigenvalue weighted by Gasteiger charge is 2.43. The van der Waals surface area contributed by atoms with E-state index in [4.69, 9.17) is 4.74 Å². The highest BCUT2D eigenvalue weighted by molar-refractivity contribution is 4.94. The predicted octanol–water partition coefficient (Wildman–Crippen LogP) is 2.99. The van der Waals surface area contributed by atoms with Gasteiger partial charge in [0.1, 0.15) is 0 Å². The van der Waals surface area contributed by atoms with Crippen LogP contribution in [0.5, 0.6) is 0 Å². The lowest BCUT2D eigenvalue weighted by Gasteiger charge is -2.46. The van der Waals surface area contributed by atoms with Crippen LogP contribution >= 0.6 is 0 Å². The van der Waals surface area contributed by atoms with E-state index in [-0.39, 0.29) is 12.2 Å². The molecule has 0 heterocycles. The van der Waals surface area contributed by atoms with Crippen LogP contribution < -0.4 is 0 Å². The molecule has 0 aromatic rings. The van der Waals surface area contributed by atoms with Gasteiger partial charge in [-0.15, -0.1) is 0 Å². The first-order valence-electron chi connectivity index (χ1n) is 6.18. The van der Waals surface area contributed by atoms with Gasteiger partial charge in [-0.25, -0.2) is 0 Å². The third-order valence-corrected chi connectivity index (χ3v) is 3.32. The Labute approximate surface area is 94.0 Å². The van der Waals surface area contributed by atoms with E-state index >= 15 is 0 Å². The Hall–Kier alpha value is -0.0800. The predicted molar refractivity (Wildman–Crippen MR) is 62.9 cm³/mol. The van der Waals surface area contributed by atoms with Gasteiger partial charge in [-0.3, -0.25) is 0 Å². The van der Waals surface area contributed by atoms with Crippen LogP contribution in [0.25, 0.3) is 0 Å². The maximum atomic E-state index is 9.59. The second kappa shape index (κ2) is 4.84. The second-order valence-electron chi connectivity index (χ2n) is 6.04. The first kappa shape index (κ1) is 13.0. The highest BCUT2D eigenvalue weighted by Crippen LogP contribution is 2.45. The molecule has 0 spiro atoms. The fourth-order valence-corrected chi connectivity index (χ4v) is 3.26.